The van der Waals surface area contributed by atoms with Crippen molar-refractivity contribution < 1.29 is 9.90 Å². The van der Waals surface area contributed by atoms with Crippen molar-refractivity contribution in [3.05, 3.63) is 15.6 Å². The van der Waals surface area contributed by atoms with Crippen molar-refractivity contribution in [2.75, 3.05) is 0 Å². The third kappa shape index (κ3) is 2.54. The number of carboxylic acids is 1. The minimum atomic E-state index is -0.724. The molecule has 78 valence electrons. The van der Waals surface area contributed by atoms with Crippen molar-refractivity contribution in [1.29, 1.82) is 0 Å². The Morgan fingerprint density at radius 3 is 2.57 bits per heavy atom. The Morgan fingerprint density at radius 2 is 2.21 bits per heavy atom. The molecule has 1 aromatic heterocycles. The summed E-state index contributed by atoms with van der Waals surface area (Å²) in [6.07, 6.45) is 1.22. The summed E-state index contributed by atoms with van der Waals surface area (Å²) in [5, 5.41) is 9.83. The quantitative estimate of drug-likeness (QED) is 0.835. The number of aliphatic carboxylic acids is 1. The molecule has 4 heteroatoms. The van der Waals surface area contributed by atoms with Crippen molar-refractivity contribution in [3.63, 3.8) is 0 Å². The van der Waals surface area contributed by atoms with Crippen LogP contribution < -0.4 is 0 Å². The molecule has 1 aromatic rings. The molecule has 0 aliphatic carbocycles. The first-order valence-corrected chi connectivity index (χ1v) is 5.52. The summed E-state index contributed by atoms with van der Waals surface area (Å²) in [4.78, 5) is 16.3. The van der Waals surface area contributed by atoms with Gasteiger partial charge in [0, 0.05) is 11.3 Å². The van der Waals surface area contributed by atoms with Gasteiger partial charge >= 0.3 is 5.97 Å². The van der Waals surface area contributed by atoms with E-state index in [9.17, 15) is 4.79 Å². The van der Waals surface area contributed by atoms with Gasteiger partial charge in [0.25, 0.3) is 0 Å². The summed E-state index contributed by atoms with van der Waals surface area (Å²) in [6.45, 7) is 5.86. The molecule has 0 radical (unpaired) electrons. The Hall–Kier alpha value is -0.900. The second kappa shape index (κ2) is 4.55. The number of aryl methyl sites for hydroxylation is 2. The summed E-state index contributed by atoms with van der Waals surface area (Å²) in [5.41, 5.74) is 1.02. The van der Waals surface area contributed by atoms with Crippen LogP contribution in [0.3, 0.4) is 0 Å². The van der Waals surface area contributed by atoms with Gasteiger partial charge < -0.3 is 5.11 Å². The fourth-order valence-corrected chi connectivity index (χ4v) is 2.26. The molecule has 1 unspecified atom stereocenters. The van der Waals surface area contributed by atoms with Crippen LogP contribution in [0.25, 0.3) is 0 Å². The molecule has 1 heterocycles. The number of aromatic nitrogens is 1. The van der Waals surface area contributed by atoms with Crippen LogP contribution >= 0.6 is 11.3 Å². The van der Waals surface area contributed by atoms with Crippen LogP contribution in [-0.2, 0) is 11.2 Å². The van der Waals surface area contributed by atoms with E-state index in [1.165, 1.54) is 4.88 Å². The highest BCUT2D eigenvalue weighted by atomic mass is 32.1. The minimum Gasteiger partial charge on any atom is -0.481 e. The van der Waals surface area contributed by atoms with E-state index in [0.29, 0.717) is 12.8 Å². The standard InChI is InChI=1S/C10H15NO2S/c1-4-8(10(12)13)5-9-11-6(2)7(3)14-9/h8H,4-5H2,1-3H3,(H,12,13). The normalized spacial score (nSPS) is 12.8. The summed E-state index contributed by atoms with van der Waals surface area (Å²) in [7, 11) is 0. The molecule has 0 saturated heterocycles. The lowest BCUT2D eigenvalue weighted by Crippen LogP contribution is -2.15. The second-order valence-electron chi connectivity index (χ2n) is 3.40. The van der Waals surface area contributed by atoms with Crippen LogP contribution in [0.1, 0.15) is 28.9 Å². The van der Waals surface area contributed by atoms with Crippen molar-refractivity contribution in [1.82, 2.24) is 4.98 Å². The van der Waals surface area contributed by atoms with E-state index in [1.807, 2.05) is 20.8 Å². The van der Waals surface area contributed by atoms with E-state index in [1.54, 1.807) is 11.3 Å². The highest BCUT2D eigenvalue weighted by Crippen LogP contribution is 2.20. The predicted octanol–water partition coefficient (Wildman–Crippen LogP) is 2.41. The number of thiazole rings is 1. The third-order valence-corrected chi connectivity index (χ3v) is 3.43. The van der Waals surface area contributed by atoms with E-state index < -0.39 is 5.97 Å². The molecule has 0 saturated carbocycles. The van der Waals surface area contributed by atoms with Gasteiger partial charge in [-0.1, -0.05) is 6.92 Å². The van der Waals surface area contributed by atoms with E-state index >= 15 is 0 Å². The molecular formula is C10H15NO2S. The molecule has 0 aliphatic rings. The van der Waals surface area contributed by atoms with Gasteiger partial charge in [-0.2, -0.15) is 0 Å². The van der Waals surface area contributed by atoms with Crippen LogP contribution in [0.15, 0.2) is 0 Å². The van der Waals surface area contributed by atoms with E-state index in [2.05, 4.69) is 4.98 Å². The Labute approximate surface area is 87.8 Å². The number of hydrogen-bond donors (Lipinski definition) is 1. The van der Waals surface area contributed by atoms with Crippen LogP contribution in [0, 0.1) is 19.8 Å². The van der Waals surface area contributed by atoms with Crippen molar-refractivity contribution in [2.45, 2.75) is 33.6 Å². The first-order valence-electron chi connectivity index (χ1n) is 4.70. The number of hydrogen-bond acceptors (Lipinski definition) is 3. The number of nitrogens with zero attached hydrogens (tertiary/aromatic N) is 1. The molecule has 14 heavy (non-hydrogen) atoms. The van der Waals surface area contributed by atoms with Gasteiger partial charge in [0.1, 0.15) is 0 Å². The summed E-state index contributed by atoms with van der Waals surface area (Å²) >= 11 is 1.60. The molecule has 0 fully saturated rings. The average molecular weight is 213 g/mol. The molecule has 1 N–H and O–H groups in total. The third-order valence-electron chi connectivity index (χ3n) is 2.34. The molecule has 0 aliphatic heterocycles. The van der Waals surface area contributed by atoms with Crippen LogP contribution in [0.4, 0.5) is 0 Å². The summed E-state index contributed by atoms with van der Waals surface area (Å²) < 4.78 is 0. The maximum absolute atomic E-state index is 10.8. The molecule has 0 spiro atoms. The first kappa shape index (κ1) is 11.2. The van der Waals surface area contributed by atoms with Crippen LogP contribution in [-0.4, -0.2) is 16.1 Å². The fourth-order valence-electron chi connectivity index (χ4n) is 1.24. The fraction of sp³-hybridized carbons (Fsp3) is 0.600. The van der Waals surface area contributed by atoms with Gasteiger partial charge in [-0.3, -0.25) is 4.79 Å². The van der Waals surface area contributed by atoms with E-state index in [0.717, 1.165) is 10.7 Å². The zero-order chi connectivity index (χ0) is 10.7. The van der Waals surface area contributed by atoms with Crippen molar-refractivity contribution in [2.24, 2.45) is 5.92 Å². The van der Waals surface area contributed by atoms with Gasteiger partial charge in [0.05, 0.1) is 16.6 Å². The van der Waals surface area contributed by atoms with Crippen molar-refractivity contribution >= 4 is 17.3 Å². The monoisotopic (exact) mass is 213 g/mol. The molecular weight excluding hydrogens is 198 g/mol. The molecule has 0 bridgehead atoms. The largest absolute Gasteiger partial charge is 0.481 e. The van der Waals surface area contributed by atoms with Gasteiger partial charge in [0.15, 0.2) is 0 Å². The zero-order valence-electron chi connectivity index (χ0n) is 8.70. The van der Waals surface area contributed by atoms with Gasteiger partial charge in [-0.25, -0.2) is 4.98 Å². The average Bonchev–Trinajstić information content (AvgIpc) is 2.41. The Bertz CT molecular complexity index is 313. The zero-order valence-corrected chi connectivity index (χ0v) is 9.52. The number of carbonyl (C=O) groups is 1. The molecule has 3 nitrogen and oxygen atoms in total. The lowest BCUT2D eigenvalue weighted by atomic mass is 10.0. The minimum absolute atomic E-state index is 0.292. The predicted molar refractivity (Wildman–Crippen MR) is 56.7 cm³/mol. The SMILES string of the molecule is CCC(Cc1nc(C)c(C)s1)C(=O)O. The highest BCUT2D eigenvalue weighted by Gasteiger charge is 2.17. The lowest BCUT2D eigenvalue weighted by molar-refractivity contribution is -0.141. The van der Waals surface area contributed by atoms with Gasteiger partial charge in [-0.15, -0.1) is 11.3 Å². The number of rotatable bonds is 4. The topological polar surface area (TPSA) is 50.2 Å². The second-order valence-corrected chi connectivity index (χ2v) is 4.68. The van der Waals surface area contributed by atoms with E-state index in [4.69, 9.17) is 5.11 Å². The number of carboxylic acid groups (broad SMARTS) is 1. The Balaban J connectivity index is 2.72. The maximum atomic E-state index is 10.8. The highest BCUT2D eigenvalue weighted by molar-refractivity contribution is 7.11. The molecule has 0 aromatic carbocycles. The van der Waals surface area contributed by atoms with E-state index in [-0.39, 0.29) is 5.92 Å². The van der Waals surface area contributed by atoms with Crippen molar-refractivity contribution in [3.8, 4) is 0 Å². The molecule has 0 amide bonds. The first-order chi connectivity index (χ1) is 6.54. The Morgan fingerprint density at radius 1 is 1.57 bits per heavy atom. The van der Waals surface area contributed by atoms with Gasteiger partial charge in [0.2, 0.25) is 0 Å². The smallest absolute Gasteiger partial charge is 0.306 e. The molecule has 1 atom stereocenters. The summed E-state index contributed by atoms with van der Waals surface area (Å²) in [6, 6.07) is 0. The Kier molecular flexibility index (Phi) is 3.63. The van der Waals surface area contributed by atoms with Gasteiger partial charge in [-0.05, 0) is 20.3 Å². The maximum Gasteiger partial charge on any atom is 0.306 e. The summed E-state index contributed by atoms with van der Waals surface area (Å²) in [5.74, 6) is -1.02. The molecule has 1 rings (SSSR count). The van der Waals surface area contributed by atoms with Crippen LogP contribution in [0.5, 0.6) is 0 Å². The van der Waals surface area contributed by atoms with Crippen LogP contribution in [0.2, 0.25) is 0 Å². The lowest BCUT2D eigenvalue weighted by Gasteiger charge is -2.05.